The fraction of sp³-hybridized carbons (Fsp3) is 0.818. The number of amides is 2. The van der Waals surface area contributed by atoms with Crippen molar-refractivity contribution in [3.8, 4) is 0 Å². The maximum Gasteiger partial charge on any atom is 0.267 e. The largest absolute Gasteiger partial charge is 0.349 e. The Bertz CT molecular complexity index is 836. The summed E-state index contributed by atoms with van der Waals surface area (Å²) in [4.78, 5) is 32.9. The third-order valence-corrected chi connectivity index (χ3v) is 7.71. The molecule has 2 N–H and O–H groups in total. The van der Waals surface area contributed by atoms with Crippen molar-refractivity contribution in [3.05, 3.63) is 12.2 Å². The van der Waals surface area contributed by atoms with E-state index in [1.54, 1.807) is 20.4 Å². The van der Waals surface area contributed by atoms with E-state index < -0.39 is 30.3 Å². The normalized spacial score (nSPS) is 29.3. The van der Waals surface area contributed by atoms with Crippen molar-refractivity contribution >= 4 is 11.8 Å². The van der Waals surface area contributed by atoms with Crippen molar-refractivity contribution in [2.45, 2.75) is 63.5 Å². The van der Waals surface area contributed by atoms with Gasteiger partial charge in [-0.3, -0.25) is 9.59 Å². The van der Waals surface area contributed by atoms with E-state index in [0.717, 1.165) is 55.8 Å². The van der Waals surface area contributed by atoms with Crippen molar-refractivity contribution in [2.24, 2.45) is 29.4 Å². The molecule has 3 heterocycles. The lowest BCUT2D eigenvalue weighted by molar-refractivity contribution is -0.144. The Hall–Kier alpha value is -2.10. The first-order valence-electron chi connectivity index (χ1n) is 11.7. The molecule has 1 aromatic rings. The summed E-state index contributed by atoms with van der Waals surface area (Å²) < 4.78 is 29.3. The van der Waals surface area contributed by atoms with Crippen LogP contribution in [0.15, 0.2) is 6.33 Å². The highest BCUT2D eigenvalue weighted by atomic mass is 19.3. The lowest BCUT2D eigenvalue weighted by Gasteiger charge is -2.40. The van der Waals surface area contributed by atoms with Crippen LogP contribution in [0.4, 0.5) is 8.78 Å². The predicted molar refractivity (Wildman–Crippen MR) is 114 cm³/mol. The summed E-state index contributed by atoms with van der Waals surface area (Å²) in [6.45, 7) is 0.258. The van der Waals surface area contributed by atoms with Crippen molar-refractivity contribution < 1.29 is 18.4 Å². The van der Waals surface area contributed by atoms with Gasteiger partial charge in [-0.05, 0) is 49.9 Å². The van der Waals surface area contributed by atoms with Gasteiger partial charge in [0.1, 0.15) is 12.2 Å². The monoisotopic (exact) mass is 452 g/mol. The topological polar surface area (TPSA) is 97.4 Å². The molecule has 2 aliphatic heterocycles. The van der Waals surface area contributed by atoms with Crippen LogP contribution in [0.5, 0.6) is 0 Å². The van der Waals surface area contributed by atoms with Crippen LogP contribution in [0.25, 0.3) is 0 Å². The molecule has 4 rings (SSSR count). The molecular weight excluding hydrogens is 418 g/mol. The summed E-state index contributed by atoms with van der Waals surface area (Å²) in [6, 6.07) is -1.09. The number of aryl methyl sites for hydroxylation is 1. The van der Waals surface area contributed by atoms with Crippen LogP contribution < -0.4 is 5.73 Å². The van der Waals surface area contributed by atoms with E-state index in [-0.39, 0.29) is 24.8 Å². The number of hydrogen-bond acceptors (Lipinski definition) is 5. The van der Waals surface area contributed by atoms with E-state index >= 15 is 0 Å². The van der Waals surface area contributed by atoms with Crippen LogP contribution in [-0.4, -0.2) is 75.5 Å². The van der Waals surface area contributed by atoms with Crippen LogP contribution in [0, 0.1) is 23.7 Å². The Morgan fingerprint density at radius 2 is 1.91 bits per heavy atom. The molecule has 178 valence electrons. The van der Waals surface area contributed by atoms with Gasteiger partial charge in [-0.15, -0.1) is 0 Å². The Labute approximate surface area is 187 Å². The molecule has 0 aromatic carbocycles. The molecule has 2 fully saturated rings. The summed E-state index contributed by atoms with van der Waals surface area (Å²) in [5.41, 5.74) is 6.32. The number of aromatic nitrogens is 3. The maximum absolute atomic E-state index is 13.6. The Morgan fingerprint density at radius 1 is 1.19 bits per heavy atom. The van der Waals surface area contributed by atoms with Gasteiger partial charge >= 0.3 is 0 Å². The molecular formula is C22H34F2N6O2. The van der Waals surface area contributed by atoms with E-state index in [9.17, 15) is 18.4 Å². The van der Waals surface area contributed by atoms with Crippen LogP contribution in [0.1, 0.15) is 44.3 Å². The van der Waals surface area contributed by atoms with Crippen LogP contribution in [0.2, 0.25) is 0 Å². The quantitative estimate of drug-likeness (QED) is 0.731. The van der Waals surface area contributed by atoms with Gasteiger partial charge in [-0.2, -0.15) is 5.10 Å². The highest BCUT2D eigenvalue weighted by molar-refractivity contribution is 5.90. The summed E-state index contributed by atoms with van der Waals surface area (Å²) in [5.74, 6) is -2.17. The lowest BCUT2D eigenvalue weighted by Crippen LogP contribution is -2.54. The molecule has 0 spiro atoms. The summed E-state index contributed by atoms with van der Waals surface area (Å²) in [6.07, 6.45) is 6.86. The van der Waals surface area contributed by atoms with Crippen molar-refractivity contribution in [3.63, 3.8) is 0 Å². The molecule has 8 nitrogen and oxygen atoms in total. The minimum atomic E-state index is -2.88. The number of carbonyl (C=O) groups is 2. The van der Waals surface area contributed by atoms with Crippen molar-refractivity contribution in [1.29, 1.82) is 0 Å². The second kappa shape index (κ2) is 9.03. The number of fused-ring (bicyclic) bond motifs is 1. The number of likely N-dealkylation sites (tertiary alicyclic amines) is 1. The molecule has 3 aliphatic rings. The van der Waals surface area contributed by atoms with Gasteiger partial charge in [-0.25, -0.2) is 18.4 Å². The molecule has 1 unspecified atom stereocenters. The Balaban J connectivity index is 1.41. The van der Waals surface area contributed by atoms with Gasteiger partial charge in [0.25, 0.3) is 5.92 Å². The standard InChI is InChI=1S/C22H34F2N6O2/c1-28(2)20(31)18(19(25)21(32)29-10-9-22(23,24)12-29)15-5-3-14(4-6-15)16-7-8-17-26-13-27-30(17)11-16/h13-16,18-19H,3-12,25H2,1-2H3/t14?,15?,16?,18-,19-/m0/s1. The lowest BCUT2D eigenvalue weighted by atomic mass is 9.68. The van der Waals surface area contributed by atoms with Crippen LogP contribution in [-0.2, 0) is 22.6 Å². The summed E-state index contributed by atoms with van der Waals surface area (Å²) in [5, 5.41) is 4.32. The number of nitrogens with zero attached hydrogens (tertiary/aromatic N) is 5. The fourth-order valence-electron chi connectivity index (χ4n) is 5.86. The van der Waals surface area contributed by atoms with E-state index in [1.165, 1.54) is 4.90 Å². The Kier molecular flexibility index (Phi) is 6.51. The molecule has 10 heteroatoms. The van der Waals surface area contributed by atoms with Crippen molar-refractivity contribution in [2.75, 3.05) is 27.2 Å². The first-order chi connectivity index (χ1) is 15.2. The zero-order valence-corrected chi connectivity index (χ0v) is 18.9. The minimum absolute atomic E-state index is 0.0128. The number of hydrogen-bond donors (Lipinski definition) is 1. The first-order valence-corrected chi connectivity index (χ1v) is 11.7. The minimum Gasteiger partial charge on any atom is -0.349 e. The second-order valence-electron chi connectivity index (χ2n) is 9.98. The van der Waals surface area contributed by atoms with E-state index in [1.807, 2.05) is 4.68 Å². The van der Waals surface area contributed by atoms with E-state index in [4.69, 9.17) is 5.73 Å². The average molecular weight is 453 g/mol. The third-order valence-electron chi connectivity index (χ3n) is 7.71. The maximum atomic E-state index is 13.6. The van der Waals surface area contributed by atoms with Gasteiger partial charge < -0.3 is 15.5 Å². The van der Waals surface area contributed by atoms with Crippen molar-refractivity contribution in [1.82, 2.24) is 24.6 Å². The number of rotatable bonds is 5. The predicted octanol–water partition coefficient (Wildman–Crippen LogP) is 1.55. The van der Waals surface area contributed by atoms with Gasteiger partial charge in [0.15, 0.2) is 0 Å². The number of halogens is 2. The third kappa shape index (κ3) is 4.65. The molecule has 1 aliphatic carbocycles. The molecule has 2 amide bonds. The fourth-order valence-corrected chi connectivity index (χ4v) is 5.86. The zero-order valence-electron chi connectivity index (χ0n) is 18.9. The Morgan fingerprint density at radius 3 is 2.53 bits per heavy atom. The molecule has 1 aromatic heterocycles. The molecule has 1 saturated heterocycles. The van der Waals surface area contributed by atoms with Gasteiger partial charge in [-0.1, -0.05) is 0 Å². The van der Waals surface area contributed by atoms with Gasteiger partial charge in [0.2, 0.25) is 11.8 Å². The van der Waals surface area contributed by atoms with Crippen LogP contribution >= 0.6 is 0 Å². The molecule has 3 atom stereocenters. The molecule has 0 radical (unpaired) electrons. The zero-order chi connectivity index (χ0) is 23.0. The van der Waals surface area contributed by atoms with Gasteiger partial charge in [0, 0.05) is 40.0 Å². The van der Waals surface area contributed by atoms with E-state index in [0.29, 0.717) is 11.8 Å². The SMILES string of the molecule is CN(C)C(=O)[C@@H](C1CCC(C2CCc3ncnn3C2)CC1)[C@H](N)C(=O)N1CCC(F)(F)C1. The highest BCUT2D eigenvalue weighted by Gasteiger charge is 2.46. The highest BCUT2D eigenvalue weighted by Crippen LogP contribution is 2.41. The number of alkyl halides is 2. The second-order valence-corrected chi connectivity index (χ2v) is 9.98. The van der Waals surface area contributed by atoms with Gasteiger partial charge in [0.05, 0.1) is 18.5 Å². The number of nitrogens with two attached hydrogens (primary N) is 1. The first kappa shape index (κ1) is 23.1. The summed E-state index contributed by atoms with van der Waals surface area (Å²) in [7, 11) is 3.31. The average Bonchev–Trinajstić information content (AvgIpc) is 3.38. The molecule has 0 bridgehead atoms. The van der Waals surface area contributed by atoms with Crippen LogP contribution in [0.3, 0.4) is 0 Å². The molecule has 32 heavy (non-hydrogen) atoms. The summed E-state index contributed by atoms with van der Waals surface area (Å²) >= 11 is 0. The van der Waals surface area contributed by atoms with E-state index in [2.05, 4.69) is 10.1 Å². The molecule has 1 saturated carbocycles. The number of carbonyl (C=O) groups excluding carboxylic acids is 2. The smallest absolute Gasteiger partial charge is 0.267 e.